The largest absolute Gasteiger partial charge is 0.352 e. The summed E-state index contributed by atoms with van der Waals surface area (Å²) >= 11 is 0. The molecule has 0 unspecified atom stereocenters. The molecule has 37 heavy (non-hydrogen) atoms. The van der Waals surface area contributed by atoms with E-state index in [2.05, 4.69) is 31.4 Å². The number of anilines is 3. The third-order valence-corrected chi connectivity index (χ3v) is 7.47. The maximum absolute atomic E-state index is 14.5. The average Bonchev–Trinajstić information content (AvgIpc) is 3.60. The highest BCUT2D eigenvalue weighted by Gasteiger charge is 2.44. The van der Waals surface area contributed by atoms with E-state index in [1.807, 2.05) is 19.9 Å². The van der Waals surface area contributed by atoms with Gasteiger partial charge in [-0.2, -0.15) is 10.2 Å². The van der Waals surface area contributed by atoms with Crippen LogP contribution in [-0.4, -0.2) is 35.7 Å². The Morgan fingerprint density at radius 1 is 1.24 bits per heavy atom. The van der Waals surface area contributed by atoms with Gasteiger partial charge in [0.15, 0.2) is 5.82 Å². The molecule has 11 heteroatoms. The van der Waals surface area contributed by atoms with E-state index in [9.17, 15) is 14.4 Å². The van der Waals surface area contributed by atoms with Crippen LogP contribution in [0.25, 0.3) is 5.78 Å². The van der Waals surface area contributed by atoms with Crippen molar-refractivity contribution in [2.75, 3.05) is 16.8 Å². The van der Waals surface area contributed by atoms with Crippen LogP contribution < -0.4 is 15.9 Å². The molecule has 0 amide bonds. The van der Waals surface area contributed by atoms with E-state index in [1.165, 1.54) is 9.08 Å². The number of hydrogen-bond acceptors (Lipinski definition) is 8. The fraction of sp³-hybridized carbons (Fsp3) is 0.385. The maximum atomic E-state index is 14.5. The van der Waals surface area contributed by atoms with Gasteiger partial charge in [-0.05, 0) is 51.3 Å². The third kappa shape index (κ3) is 3.89. The van der Waals surface area contributed by atoms with Gasteiger partial charge in [-0.15, -0.1) is 5.10 Å². The number of hydrogen-bond donors (Lipinski definition) is 1. The minimum Gasteiger partial charge on any atom is -0.352 e. The maximum Gasteiger partial charge on any atom is 0.351 e. The first kappa shape index (κ1) is 23.1. The van der Waals surface area contributed by atoms with E-state index in [1.54, 1.807) is 25.4 Å². The van der Waals surface area contributed by atoms with Crippen molar-refractivity contribution in [1.82, 2.24) is 29.1 Å². The summed E-state index contributed by atoms with van der Waals surface area (Å²) in [6, 6.07) is 5.91. The molecule has 2 aliphatic rings. The van der Waals surface area contributed by atoms with Gasteiger partial charge in [0.1, 0.15) is 5.82 Å². The zero-order chi connectivity index (χ0) is 25.9. The van der Waals surface area contributed by atoms with Crippen LogP contribution in [-0.2, 0) is 19.5 Å². The standard InChI is InChI=1S/C26H26FN9O/c1-15-17(3)36-24(33-35(25(36)37)14-26(13-28)6-7-26)32-23(15)34-9-5-20-18(12-34)10-19(11-30-20)31-21-4-8-29-16(2)22(21)27/h4,8,10-11H,5-7,9,12,14H2,1-3H3,(H,29,31). The lowest BCUT2D eigenvalue weighted by molar-refractivity contribution is 0.472. The summed E-state index contributed by atoms with van der Waals surface area (Å²) in [5.41, 5.74) is 4.32. The first-order valence-corrected chi connectivity index (χ1v) is 12.3. The summed E-state index contributed by atoms with van der Waals surface area (Å²) in [6.45, 7) is 7.06. The lowest BCUT2D eigenvalue weighted by Gasteiger charge is -2.31. The van der Waals surface area contributed by atoms with Crippen molar-refractivity contribution < 1.29 is 4.39 Å². The molecule has 10 nitrogen and oxygen atoms in total. The van der Waals surface area contributed by atoms with Crippen molar-refractivity contribution in [1.29, 1.82) is 5.26 Å². The molecule has 0 atom stereocenters. The summed E-state index contributed by atoms with van der Waals surface area (Å²) < 4.78 is 17.4. The van der Waals surface area contributed by atoms with Crippen LogP contribution in [0.2, 0.25) is 0 Å². The van der Waals surface area contributed by atoms with Crippen molar-refractivity contribution in [3.8, 4) is 6.07 Å². The normalized spacial score (nSPS) is 15.9. The second kappa shape index (κ2) is 8.37. The summed E-state index contributed by atoms with van der Waals surface area (Å²) in [7, 11) is 0. The predicted molar refractivity (Wildman–Crippen MR) is 135 cm³/mol. The Bertz CT molecular complexity index is 1660. The van der Waals surface area contributed by atoms with Gasteiger partial charge in [-0.25, -0.2) is 18.3 Å². The van der Waals surface area contributed by atoms with Gasteiger partial charge in [-0.1, -0.05) is 0 Å². The molecule has 1 fully saturated rings. The fourth-order valence-corrected chi connectivity index (χ4v) is 4.90. The lowest BCUT2D eigenvalue weighted by atomic mass is 10.0. The van der Waals surface area contributed by atoms with Gasteiger partial charge in [0.25, 0.3) is 5.78 Å². The molecule has 0 saturated heterocycles. The SMILES string of the molecule is Cc1nccc(Nc2cnc3c(c2)CN(c2nc4nn(CC5(C#N)CC5)c(=O)n4c(C)c2C)CC3)c1F. The Morgan fingerprint density at radius 3 is 2.81 bits per heavy atom. The van der Waals surface area contributed by atoms with Gasteiger partial charge in [0, 0.05) is 42.7 Å². The number of nitriles is 1. The molecule has 1 aliphatic heterocycles. The Hall–Kier alpha value is -4.33. The van der Waals surface area contributed by atoms with Crippen molar-refractivity contribution in [2.45, 2.75) is 53.1 Å². The van der Waals surface area contributed by atoms with Gasteiger partial charge in [0.05, 0.1) is 41.3 Å². The van der Waals surface area contributed by atoms with E-state index in [-0.39, 0.29) is 18.1 Å². The first-order chi connectivity index (χ1) is 17.8. The molecule has 1 N–H and O–H groups in total. The van der Waals surface area contributed by atoms with Crippen LogP contribution >= 0.6 is 0 Å². The van der Waals surface area contributed by atoms with Gasteiger partial charge in [0.2, 0.25) is 0 Å². The molecular weight excluding hydrogens is 473 g/mol. The first-order valence-electron chi connectivity index (χ1n) is 12.3. The molecule has 5 heterocycles. The Morgan fingerprint density at radius 2 is 2.05 bits per heavy atom. The number of halogens is 1. The quantitative estimate of drug-likeness (QED) is 0.444. The van der Waals surface area contributed by atoms with Crippen molar-refractivity contribution in [2.24, 2.45) is 5.41 Å². The molecule has 188 valence electrons. The second-order valence-corrected chi connectivity index (χ2v) is 10.00. The van der Waals surface area contributed by atoms with Crippen molar-refractivity contribution in [3.05, 3.63) is 69.0 Å². The molecular formula is C26H26FN9O. The summed E-state index contributed by atoms with van der Waals surface area (Å²) in [4.78, 5) is 28.6. The zero-order valence-electron chi connectivity index (χ0n) is 20.9. The molecule has 4 aromatic rings. The number of nitrogens with zero attached hydrogens (tertiary/aromatic N) is 8. The molecule has 0 spiro atoms. The predicted octanol–water partition coefficient (Wildman–Crippen LogP) is 3.36. The highest BCUT2D eigenvalue weighted by Crippen LogP contribution is 2.46. The van der Waals surface area contributed by atoms with E-state index >= 15 is 0 Å². The molecule has 6 rings (SSSR count). The number of fused-ring (bicyclic) bond motifs is 2. The Kier molecular flexibility index (Phi) is 5.22. The van der Waals surface area contributed by atoms with Gasteiger partial charge < -0.3 is 10.2 Å². The van der Waals surface area contributed by atoms with Crippen LogP contribution in [0.4, 0.5) is 21.6 Å². The Labute approximate surface area is 212 Å². The monoisotopic (exact) mass is 499 g/mol. The van der Waals surface area contributed by atoms with Crippen LogP contribution in [0.15, 0.2) is 29.3 Å². The number of nitrogens with one attached hydrogen (secondary N) is 1. The summed E-state index contributed by atoms with van der Waals surface area (Å²) in [5.74, 6) is 0.714. The number of aromatic nitrogens is 6. The van der Waals surface area contributed by atoms with Crippen LogP contribution in [0.3, 0.4) is 0 Å². The summed E-state index contributed by atoms with van der Waals surface area (Å²) in [6.07, 6.45) is 5.59. The van der Waals surface area contributed by atoms with E-state index in [4.69, 9.17) is 4.98 Å². The highest BCUT2D eigenvalue weighted by atomic mass is 19.1. The topological polar surface area (TPSA) is 117 Å². The second-order valence-electron chi connectivity index (χ2n) is 10.00. The minimum absolute atomic E-state index is 0.265. The van der Waals surface area contributed by atoms with E-state index < -0.39 is 5.41 Å². The molecule has 0 bridgehead atoms. The Balaban J connectivity index is 1.31. The highest BCUT2D eigenvalue weighted by molar-refractivity contribution is 5.62. The molecule has 0 aromatic carbocycles. The van der Waals surface area contributed by atoms with E-state index in [0.717, 1.165) is 54.1 Å². The van der Waals surface area contributed by atoms with Crippen molar-refractivity contribution in [3.63, 3.8) is 0 Å². The number of aryl methyl sites for hydroxylation is 2. The number of pyridine rings is 2. The van der Waals surface area contributed by atoms with Gasteiger partial charge in [-0.3, -0.25) is 9.97 Å². The van der Waals surface area contributed by atoms with Crippen molar-refractivity contribution >= 4 is 23.0 Å². The average molecular weight is 500 g/mol. The van der Waals surface area contributed by atoms with Gasteiger partial charge >= 0.3 is 5.69 Å². The minimum atomic E-state index is -0.485. The smallest absolute Gasteiger partial charge is 0.351 e. The number of rotatable bonds is 5. The molecule has 4 aromatic heterocycles. The zero-order valence-corrected chi connectivity index (χ0v) is 20.9. The molecule has 0 radical (unpaired) electrons. The van der Waals surface area contributed by atoms with Crippen LogP contribution in [0.5, 0.6) is 0 Å². The van der Waals surface area contributed by atoms with Crippen LogP contribution in [0.1, 0.15) is 41.1 Å². The molecule has 1 aliphatic carbocycles. The molecule has 1 saturated carbocycles. The summed E-state index contributed by atoms with van der Waals surface area (Å²) in [5, 5.41) is 17.0. The van der Waals surface area contributed by atoms with E-state index in [0.29, 0.717) is 29.4 Å². The fourth-order valence-electron chi connectivity index (χ4n) is 4.90. The lowest BCUT2D eigenvalue weighted by Crippen LogP contribution is -2.33. The van der Waals surface area contributed by atoms with Crippen LogP contribution in [0, 0.1) is 43.3 Å². The third-order valence-electron chi connectivity index (χ3n) is 7.47.